The maximum absolute atomic E-state index is 5.34. The Balaban J connectivity index is 1.76. The molecule has 0 aliphatic carbocycles. The van der Waals surface area contributed by atoms with E-state index in [0.717, 1.165) is 49.2 Å². The number of anilines is 1. The van der Waals surface area contributed by atoms with Gasteiger partial charge in [0.1, 0.15) is 0 Å². The van der Waals surface area contributed by atoms with E-state index in [4.69, 9.17) is 9.47 Å². The first-order valence-electron chi connectivity index (χ1n) is 7.16. The third kappa shape index (κ3) is 3.06. The van der Waals surface area contributed by atoms with Crippen LogP contribution in [0.2, 0.25) is 0 Å². The number of H-pyrrole nitrogens is 1. The first-order chi connectivity index (χ1) is 10.3. The van der Waals surface area contributed by atoms with E-state index >= 15 is 0 Å². The van der Waals surface area contributed by atoms with Gasteiger partial charge >= 0.3 is 0 Å². The van der Waals surface area contributed by atoms with E-state index in [-0.39, 0.29) is 6.10 Å². The van der Waals surface area contributed by atoms with Crippen molar-refractivity contribution < 1.29 is 9.47 Å². The summed E-state index contributed by atoms with van der Waals surface area (Å²) in [6, 6.07) is 8.18. The fourth-order valence-corrected chi connectivity index (χ4v) is 2.33. The molecule has 0 bridgehead atoms. The summed E-state index contributed by atoms with van der Waals surface area (Å²) in [5.41, 5.74) is 2.17. The van der Waals surface area contributed by atoms with Crippen LogP contribution in [0.3, 0.4) is 0 Å². The topological polar surface area (TPSA) is 63.3 Å². The van der Waals surface area contributed by atoms with Crippen molar-refractivity contribution in [1.82, 2.24) is 15.2 Å². The lowest BCUT2D eigenvalue weighted by Crippen LogP contribution is -2.36. The largest absolute Gasteiger partial charge is 0.378 e. The maximum Gasteiger partial charge on any atom is 0.245 e. The summed E-state index contributed by atoms with van der Waals surface area (Å²) in [7, 11) is 1.71. The Morgan fingerprint density at radius 3 is 2.62 bits per heavy atom. The van der Waals surface area contributed by atoms with Crippen LogP contribution >= 0.6 is 0 Å². The molecule has 1 N–H and O–H groups in total. The Labute approximate surface area is 124 Å². The first-order valence-corrected chi connectivity index (χ1v) is 7.16. The second-order valence-corrected chi connectivity index (χ2v) is 5.08. The van der Waals surface area contributed by atoms with Gasteiger partial charge in [-0.05, 0) is 12.5 Å². The van der Waals surface area contributed by atoms with Gasteiger partial charge < -0.3 is 14.4 Å². The van der Waals surface area contributed by atoms with Crippen molar-refractivity contribution in [2.75, 3.05) is 38.3 Å². The molecule has 21 heavy (non-hydrogen) atoms. The summed E-state index contributed by atoms with van der Waals surface area (Å²) in [5.74, 6) is 1.52. The number of nitrogens with one attached hydrogen (secondary N) is 1. The molecule has 3 rings (SSSR count). The monoisotopic (exact) mass is 288 g/mol. The Bertz CT molecular complexity index is 576. The lowest BCUT2D eigenvalue weighted by atomic mass is 10.1. The lowest BCUT2D eigenvalue weighted by Gasteiger charge is -2.25. The second kappa shape index (κ2) is 6.24. The summed E-state index contributed by atoms with van der Waals surface area (Å²) in [4.78, 5) is 6.70. The molecule has 1 aromatic carbocycles. The summed E-state index contributed by atoms with van der Waals surface area (Å²) in [5, 5.41) is 7.31. The van der Waals surface area contributed by atoms with Gasteiger partial charge in [0.25, 0.3) is 0 Å². The van der Waals surface area contributed by atoms with Crippen LogP contribution in [0.5, 0.6) is 0 Å². The fraction of sp³-hybridized carbons (Fsp3) is 0.467. The number of nitrogens with zero attached hydrogens (tertiary/aromatic N) is 3. The quantitative estimate of drug-likeness (QED) is 0.932. The van der Waals surface area contributed by atoms with Crippen molar-refractivity contribution in [2.45, 2.75) is 13.0 Å². The van der Waals surface area contributed by atoms with Crippen molar-refractivity contribution in [3.8, 4) is 11.4 Å². The zero-order valence-corrected chi connectivity index (χ0v) is 12.4. The van der Waals surface area contributed by atoms with E-state index in [9.17, 15) is 0 Å². The average molecular weight is 288 g/mol. The minimum Gasteiger partial charge on any atom is -0.378 e. The van der Waals surface area contributed by atoms with Crippen molar-refractivity contribution in [3.63, 3.8) is 0 Å². The number of benzene rings is 1. The highest BCUT2D eigenvalue weighted by molar-refractivity contribution is 5.57. The number of hydrogen-bond donors (Lipinski definition) is 1. The number of rotatable bonds is 4. The summed E-state index contributed by atoms with van der Waals surface area (Å²) >= 11 is 0. The molecule has 0 amide bonds. The molecule has 1 aliphatic rings. The number of morpholine rings is 1. The zero-order valence-electron chi connectivity index (χ0n) is 12.4. The Hall–Kier alpha value is -1.92. The third-order valence-electron chi connectivity index (χ3n) is 3.77. The third-order valence-corrected chi connectivity index (χ3v) is 3.77. The zero-order chi connectivity index (χ0) is 14.7. The Morgan fingerprint density at radius 2 is 1.95 bits per heavy atom. The minimum absolute atomic E-state index is 0.0951. The van der Waals surface area contributed by atoms with Crippen molar-refractivity contribution >= 4 is 5.95 Å². The number of aromatic nitrogens is 3. The highest BCUT2D eigenvalue weighted by Gasteiger charge is 2.16. The maximum atomic E-state index is 5.34. The van der Waals surface area contributed by atoms with E-state index in [1.807, 2.05) is 19.1 Å². The SMILES string of the molecule is COC(C)c1ccc(-c2nc(N3CCOCC3)n[nH]2)cc1. The molecule has 2 aromatic rings. The van der Waals surface area contributed by atoms with Crippen LogP contribution in [0.4, 0.5) is 5.95 Å². The van der Waals surface area contributed by atoms with Gasteiger partial charge in [-0.3, -0.25) is 5.10 Å². The molecule has 2 heterocycles. The Morgan fingerprint density at radius 1 is 1.24 bits per heavy atom. The molecule has 0 saturated carbocycles. The normalized spacial score (nSPS) is 17.0. The standard InChI is InChI=1S/C15H20N4O2/c1-11(20-2)12-3-5-13(6-4-12)14-16-15(18-17-14)19-7-9-21-10-8-19/h3-6,11H,7-10H2,1-2H3,(H,16,17,18). The molecule has 1 unspecified atom stereocenters. The van der Waals surface area contributed by atoms with E-state index in [2.05, 4.69) is 32.2 Å². The van der Waals surface area contributed by atoms with Crippen molar-refractivity contribution in [3.05, 3.63) is 29.8 Å². The molecular weight excluding hydrogens is 268 g/mol. The van der Waals surface area contributed by atoms with Crippen LogP contribution in [0, 0.1) is 0 Å². The van der Waals surface area contributed by atoms with Crippen LogP contribution in [0.1, 0.15) is 18.6 Å². The van der Waals surface area contributed by atoms with Crippen LogP contribution in [0.25, 0.3) is 11.4 Å². The molecule has 1 saturated heterocycles. The fourth-order valence-electron chi connectivity index (χ4n) is 2.33. The molecule has 112 valence electrons. The predicted octanol–water partition coefficient (Wildman–Crippen LogP) is 2.02. The Kier molecular flexibility index (Phi) is 4.17. The molecule has 1 aromatic heterocycles. The second-order valence-electron chi connectivity index (χ2n) is 5.08. The van der Waals surface area contributed by atoms with Crippen LogP contribution < -0.4 is 4.90 Å². The van der Waals surface area contributed by atoms with E-state index in [0.29, 0.717) is 0 Å². The highest BCUT2D eigenvalue weighted by atomic mass is 16.5. The van der Waals surface area contributed by atoms with Gasteiger partial charge in [-0.15, -0.1) is 5.10 Å². The van der Waals surface area contributed by atoms with Crippen molar-refractivity contribution in [1.29, 1.82) is 0 Å². The van der Waals surface area contributed by atoms with Crippen LogP contribution in [0.15, 0.2) is 24.3 Å². The van der Waals surface area contributed by atoms with Gasteiger partial charge in [-0.2, -0.15) is 4.98 Å². The van der Waals surface area contributed by atoms with Gasteiger partial charge in [-0.25, -0.2) is 0 Å². The number of ether oxygens (including phenoxy) is 2. The summed E-state index contributed by atoms with van der Waals surface area (Å²) < 4.78 is 10.7. The van der Waals surface area contributed by atoms with E-state index < -0.39 is 0 Å². The van der Waals surface area contributed by atoms with Gasteiger partial charge in [-0.1, -0.05) is 24.3 Å². The number of methoxy groups -OCH3 is 1. The van der Waals surface area contributed by atoms with Gasteiger partial charge in [0.05, 0.1) is 19.3 Å². The molecule has 6 heteroatoms. The number of hydrogen-bond acceptors (Lipinski definition) is 5. The summed E-state index contributed by atoms with van der Waals surface area (Å²) in [6.07, 6.45) is 0.0951. The smallest absolute Gasteiger partial charge is 0.245 e. The lowest BCUT2D eigenvalue weighted by molar-refractivity contribution is 0.119. The molecule has 0 spiro atoms. The van der Waals surface area contributed by atoms with Crippen molar-refractivity contribution in [2.24, 2.45) is 0 Å². The average Bonchev–Trinajstić information content (AvgIpc) is 3.05. The predicted molar refractivity (Wildman–Crippen MR) is 80.3 cm³/mol. The molecule has 0 radical (unpaired) electrons. The van der Waals surface area contributed by atoms with E-state index in [1.54, 1.807) is 7.11 Å². The molecule has 6 nitrogen and oxygen atoms in total. The minimum atomic E-state index is 0.0951. The van der Waals surface area contributed by atoms with Gasteiger partial charge in [0.2, 0.25) is 5.95 Å². The molecule has 1 fully saturated rings. The summed E-state index contributed by atoms with van der Waals surface area (Å²) in [6.45, 7) is 5.16. The number of aromatic amines is 1. The molecule has 1 aliphatic heterocycles. The van der Waals surface area contributed by atoms with Gasteiger partial charge in [0, 0.05) is 25.8 Å². The molecular formula is C15H20N4O2. The van der Waals surface area contributed by atoms with Gasteiger partial charge in [0.15, 0.2) is 5.82 Å². The first kappa shape index (κ1) is 14.0. The van der Waals surface area contributed by atoms with Crippen LogP contribution in [-0.4, -0.2) is 48.6 Å². The highest BCUT2D eigenvalue weighted by Crippen LogP contribution is 2.22. The van der Waals surface area contributed by atoms with E-state index in [1.165, 1.54) is 0 Å². The van der Waals surface area contributed by atoms with Crippen LogP contribution in [-0.2, 0) is 9.47 Å². The molecule has 1 atom stereocenters.